The fourth-order valence-corrected chi connectivity index (χ4v) is 0.391. The summed E-state index contributed by atoms with van der Waals surface area (Å²) in [5.74, 6) is 0. The Morgan fingerprint density at radius 2 is 1.92 bits per heavy atom. The summed E-state index contributed by atoms with van der Waals surface area (Å²) in [5, 5.41) is 0. The van der Waals surface area contributed by atoms with Gasteiger partial charge in [0.05, 0.1) is 21.1 Å². The van der Waals surface area contributed by atoms with Crippen LogP contribution in [0.4, 0.5) is 4.79 Å². The van der Waals surface area contributed by atoms with E-state index < -0.39 is 6.09 Å². The van der Waals surface area contributed by atoms with Crippen molar-refractivity contribution in [2.45, 2.75) is 6.17 Å². The van der Waals surface area contributed by atoms with Gasteiger partial charge in [0.1, 0.15) is 0 Å². The number of nitrogens with zero attached hydrogens (tertiary/aromatic N) is 1. The number of nitrogens with two attached hydrogens (primary N) is 2. The smallest absolute Gasteiger partial charge is 0.404 e. The number of rotatable bonds is 3. The maximum absolute atomic E-state index is 10.2. The minimum Gasteiger partial charge on any atom is -1.00 e. The predicted octanol–water partition coefficient (Wildman–Crippen LogP) is -3.92. The van der Waals surface area contributed by atoms with Crippen LogP contribution in [-0.4, -0.2) is 44.5 Å². The molecule has 4 N–H and O–H groups in total. The van der Waals surface area contributed by atoms with Gasteiger partial charge in [0.2, 0.25) is 0 Å². The summed E-state index contributed by atoms with van der Waals surface area (Å²) >= 11 is 0. The molecule has 1 amide bonds. The van der Waals surface area contributed by atoms with E-state index in [1.807, 2.05) is 21.1 Å². The highest BCUT2D eigenvalue weighted by molar-refractivity contribution is 5.64. The Labute approximate surface area is 78.6 Å². The van der Waals surface area contributed by atoms with E-state index >= 15 is 0 Å². The Morgan fingerprint density at radius 3 is 2.17 bits per heavy atom. The van der Waals surface area contributed by atoms with E-state index in [0.717, 1.165) is 0 Å². The molecule has 0 heterocycles. The molecule has 0 saturated carbocycles. The standard InChI is InChI=1S/C6H15N3O2.ClH/c1-9(2,3)5(7)4-11-6(8)10;/h5H,4,7H2,1-3H3,(H-,8,10);1H. The van der Waals surface area contributed by atoms with Gasteiger partial charge in [-0.15, -0.1) is 0 Å². The molecule has 74 valence electrons. The van der Waals surface area contributed by atoms with Crippen LogP contribution >= 0.6 is 0 Å². The van der Waals surface area contributed by atoms with Gasteiger partial charge >= 0.3 is 6.09 Å². The SMILES string of the molecule is C[N+](C)(C)C(N)COC(N)=O.[Cl-]. The number of likely N-dealkylation sites (N-methyl/N-ethyl adjacent to an activating group) is 1. The first-order valence-corrected chi connectivity index (χ1v) is 3.33. The van der Waals surface area contributed by atoms with E-state index in [9.17, 15) is 4.79 Å². The van der Waals surface area contributed by atoms with Crippen molar-refractivity contribution < 1.29 is 26.4 Å². The zero-order valence-electron chi connectivity index (χ0n) is 7.58. The molecule has 0 aromatic carbocycles. The number of ether oxygens (including phenoxy) is 1. The molecule has 0 spiro atoms. The first-order chi connectivity index (χ1) is 4.84. The summed E-state index contributed by atoms with van der Waals surface area (Å²) in [6.07, 6.45) is -1.02. The van der Waals surface area contributed by atoms with Crippen molar-refractivity contribution in [2.75, 3.05) is 27.7 Å². The summed E-state index contributed by atoms with van der Waals surface area (Å²) in [6, 6.07) is 0. The normalized spacial score (nSPS) is 13.0. The lowest BCUT2D eigenvalue weighted by Gasteiger charge is -2.30. The van der Waals surface area contributed by atoms with Crippen LogP contribution in [0.5, 0.6) is 0 Å². The highest BCUT2D eigenvalue weighted by Gasteiger charge is 2.19. The fraction of sp³-hybridized carbons (Fsp3) is 0.833. The fourth-order valence-electron chi connectivity index (χ4n) is 0.391. The lowest BCUT2D eigenvalue weighted by molar-refractivity contribution is -0.896. The van der Waals surface area contributed by atoms with Crippen LogP contribution in [0.25, 0.3) is 0 Å². The van der Waals surface area contributed by atoms with E-state index in [4.69, 9.17) is 11.5 Å². The van der Waals surface area contributed by atoms with E-state index in [0.29, 0.717) is 4.48 Å². The first-order valence-electron chi connectivity index (χ1n) is 3.33. The number of carbonyl (C=O) groups is 1. The Balaban J connectivity index is 0. The molecule has 0 aliphatic heterocycles. The van der Waals surface area contributed by atoms with Gasteiger partial charge in [0, 0.05) is 0 Å². The zero-order valence-corrected chi connectivity index (χ0v) is 8.34. The van der Waals surface area contributed by atoms with Crippen LogP contribution in [0.2, 0.25) is 0 Å². The molecule has 12 heavy (non-hydrogen) atoms. The molecule has 0 fully saturated rings. The van der Waals surface area contributed by atoms with Crippen molar-refractivity contribution in [3.8, 4) is 0 Å². The summed E-state index contributed by atoms with van der Waals surface area (Å²) in [6.45, 7) is 0.152. The number of carbonyl (C=O) groups excluding carboxylic acids is 1. The van der Waals surface area contributed by atoms with Crippen LogP contribution < -0.4 is 23.9 Å². The third-order valence-corrected chi connectivity index (χ3v) is 1.39. The summed E-state index contributed by atoms with van der Waals surface area (Å²) in [5.41, 5.74) is 10.4. The predicted molar refractivity (Wildman–Crippen MR) is 41.5 cm³/mol. The van der Waals surface area contributed by atoms with Gasteiger partial charge in [-0.05, 0) is 0 Å². The van der Waals surface area contributed by atoms with Crippen LogP contribution in [0, 0.1) is 0 Å². The van der Waals surface area contributed by atoms with Crippen LogP contribution in [0.3, 0.4) is 0 Å². The minimum absolute atomic E-state index is 0. The van der Waals surface area contributed by atoms with Gasteiger partial charge < -0.3 is 27.4 Å². The Hall–Kier alpha value is -0.520. The molecular formula is C6H16ClN3O2. The van der Waals surface area contributed by atoms with Crippen LogP contribution in [0.1, 0.15) is 0 Å². The van der Waals surface area contributed by atoms with Crippen molar-refractivity contribution in [2.24, 2.45) is 11.5 Å². The molecule has 0 rings (SSSR count). The molecule has 0 aromatic heterocycles. The van der Waals surface area contributed by atoms with Crippen LogP contribution in [-0.2, 0) is 4.74 Å². The molecule has 0 aromatic rings. The Kier molecular flexibility index (Phi) is 6.06. The average molecular weight is 198 g/mol. The van der Waals surface area contributed by atoms with Crippen molar-refractivity contribution in [3.05, 3.63) is 0 Å². The number of amides is 1. The van der Waals surface area contributed by atoms with E-state index in [-0.39, 0.29) is 25.2 Å². The lowest BCUT2D eigenvalue weighted by Crippen LogP contribution is -3.00. The molecule has 6 heteroatoms. The van der Waals surface area contributed by atoms with E-state index in [2.05, 4.69) is 4.74 Å². The van der Waals surface area contributed by atoms with Crippen LogP contribution in [0.15, 0.2) is 0 Å². The molecule has 0 saturated heterocycles. The second-order valence-electron chi connectivity index (χ2n) is 3.31. The molecule has 0 aliphatic carbocycles. The zero-order chi connectivity index (χ0) is 9.07. The number of hydrogen-bond donors (Lipinski definition) is 2. The maximum atomic E-state index is 10.2. The molecule has 1 atom stereocenters. The average Bonchev–Trinajstić information content (AvgIpc) is 1.80. The molecule has 0 bridgehead atoms. The molecule has 0 aliphatic rings. The van der Waals surface area contributed by atoms with Crippen molar-refractivity contribution in [1.29, 1.82) is 0 Å². The quantitative estimate of drug-likeness (QED) is 0.359. The topological polar surface area (TPSA) is 78.3 Å². The molecule has 5 nitrogen and oxygen atoms in total. The second kappa shape index (κ2) is 5.18. The summed E-state index contributed by atoms with van der Waals surface area (Å²) < 4.78 is 5.06. The van der Waals surface area contributed by atoms with Gasteiger partial charge in [-0.3, -0.25) is 5.73 Å². The second-order valence-corrected chi connectivity index (χ2v) is 3.31. The Bertz CT molecular complexity index is 146. The highest BCUT2D eigenvalue weighted by Crippen LogP contribution is 1.95. The molecular weight excluding hydrogens is 182 g/mol. The minimum atomic E-state index is -0.783. The highest BCUT2D eigenvalue weighted by atomic mass is 35.5. The largest absolute Gasteiger partial charge is 1.00 e. The number of halogens is 1. The van der Waals surface area contributed by atoms with Gasteiger partial charge in [0.15, 0.2) is 12.8 Å². The van der Waals surface area contributed by atoms with Gasteiger partial charge in [0.25, 0.3) is 0 Å². The molecule has 1 unspecified atom stereocenters. The third-order valence-electron chi connectivity index (χ3n) is 1.39. The van der Waals surface area contributed by atoms with Gasteiger partial charge in [-0.25, -0.2) is 4.79 Å². The number of primary amides is 1. The van der Waals surface area contributed by atoms with Gasteiger partial charge in [-0.1, -0.05) is 0 Å². The number of quaternary nitrogens is 1. The number of hydrogen-bond acceptors (Lipinski definition) is 3. The molecule has 0 radical (unpaired) electrons. The van der Waals surface area contributed by atoms with Crippen molar-refractivity contribution in [1.82, 2.24) is 0 Å². The van der Waals surface area contributed by atoms with E-state index in [1.165, 1.54) is 0 Å². The van der Waals surface area contributed by atoms with Crippen molar-refractivity contribution in [3.63, 3.8) is 0 Å². The summed E-state index contributed by atoms with van der Waals surface area (Å²) in [7, 11) is 5.74. The van der Waals surface area contributed by atoms with Crippen molar-refractivity contribution >= 4 is 6.09 Å². The van der Waals surface area contributed by atoms with Gasteiger partial charge in [-0.2, -0.15) is 0 Å². The Morgan fingerprint density at radius 1 is 1.50 bits per heavy atom. The third kappa shape index (κ3) is 6.21. The first kappa shape index (κ1) is 14.0. The lowest BCUT2D eigenvalue weighted by atomic mass is 10.4. The monoisotopic (exact) mass is 197 g/mol. The van der Waals surface area contributed by atoms with E-state index in [1.54, 1.807) is 0 Å². The maximum Gasteiger partial charge on any atom is 0.404 e. The summed E-state index contributed by atoms with van der Waals surface area (Å²) in [4.78, 5) is 10.2.